The van der Waals surface area contributed by atoms with E-state index in [4.69, 9.17) is 12.2 Å². The number of ketones is 1. The second-order valence-electron chi connectivity index (χ2n) is 3.56. The highest BCUT2D eigenvalue weighted by Gasteiger charge is 2.15. The smallest absolute Gasteiger partial charge is 0.158 e. The molecule has 5 nitrogen and oxygen atoms in total. The van der Waals surface area contributed by atoms with Gasteiger partial charge in [-0.3, -0.25) is 4.79 Å². The van der Waals surface area contributed by atoms with Gasteiger partial charge in [-0.1, -0.05) is 6.92 Å². The molecule has 0 radical (unpaired) electrons. The van der Waals surface area contributed by atoms with Crippen molar-refractivity contribution in [2.24, 2.45) is 5.73 Å². The van der Waals surface area contributed by atoms with E-state index < -0.39 is 6.04 Å². The first-order valence-electron chi connectivity index (χ1n) is 5.27. The van der Waals surface area contributed by atoms with Crippen molar-refractivity contribution in [3.05, 3.63) is 12.2 Å². The molecule has 1 atom stereocenters. The predicted molar refractivity (Wildman–Crippen MR) is 60.4 cm³/mol. The molecule has 0 aliphatic heterocycles. The van der Waals surface area contributed by atoms with E-state index in [1.165, 1.54) is 6.33 Å². The third-order valence-corrected chi connectivity index (χ3v) is 2.21. The summed E-state index contributed by atoms with van der Waals surface area (Å²) in [5, 5.41) is 4.04. The van der Waals surface area contributed by atoms with Gasteiger partial charge < -0.3 is 5.73 Å². The Morgan fingerprint density at radius 3 is 3.12 bits per heavy atom. The summed E-state index contributed by atoms with van der Waals surface area (Å²) >= 11 is 0. The van der Waals surface area contributed by atoms with Gasteiger partial charge in [-0.15, -0.1) is 12.3 Å². The lowest BCUT2D eigenvalue weighted by Crippen LogP contribution is -2.32. The first kappa shape index (κ1) is 12.4. The fourth-order valence-electron chi connectivity index (χ4n) is 1.35. The maximum Gasteiger partial charge on any atom is 0.158 e. The van der Waals surface area contributed by atoms with E-state index in [1.54, 1.807) is 4.68 Å². The quantitative estimate of drug-likeness (QED) is 0.692. The Balaban J connectivity index is 2.62. The van der Waals surface area contributed by atoms with Crippen LogP contribution in [-0.2, 0) is 17.8 Å². The molecular formula is C11H16N4O. The molecule has 0 aliphatic rings. The summed E-state index contributed by atoms with van der Waals surface area (Å²) in [5.41, 5.74) is 5.62. The van der Waals surface area contributed by atoms with Gasteiger partial charge in [-0.05, 0) is 6.42 Å². The molecule has 0 amide bonds. The Morgan fingerprint density at radius 1 is 1.75 bits per heavy atom. The molecular weight excluding hydrogens is 204 g/mol. The number of rotatable bonds is 6. The van der Waals surface area contributed by atoms with Crippen LogP contribution in [0.15, 0.2) is 6.33 Å². The van der Waals surface area contributed by atoms with Gasteiger partial charge in [0.15, 0.2) is 5.78 Å². The van der Waals surface area contributed by atoms with Gasteiger partial charge >= 0.3 is 0 Å². The van der Waals surface area contributed by atoms with E-state index in [0.717, 1.165) is 13.0 Å². The third kappa shape index (κ3) is 3.17. The molecule has 0 saturated carbocycles. The van der Waals surface area contributed by atoms with Crippen molar-refractivity contribution in [3.63, 3.8) is 0 Å². The van der Waals surface area contributed by atoms with Gasteiger partial charge in [-0.2, -0.15) is 5.10 Å². The van der Waals surface area contributed by atoms with Crippen LogP contribution in [0.3, 0.4) is 0 Å². The van der Waals surface area contributed by atoms with Gasteiger partial charge in [0.25, 0.3) is 0 Å². The summed E-state index contributed by atoms with van der Waals surface area (Å²) < 4.78 is 1.72. The summed E-state index contributed by atoms with van der Waals surface area (Å²) in [6.45, 7) is 2.80. The van der Waals surface area contributed by atoms with Gasteiger partial charge in [-0.25, -0.2) is 9.67 Å². The van der Waals surface area contributed by atoms with Crippen molar-refractivity contribution in [2.45, 2.75) is 38.8 Å². The molecule has 86 valence electrons. The minimum absolute atomic E-state index is 0.0942. The number of carbonyl (C=O) groups is 1. The minimum atomic E-state index is -0.600. The van der Waals surface area contributed by atoms with Crippen LogP contribution in [0.5, 0.6) is 0 Å². The predicted octanol–water partition coefficient (Wildman–Crippen LogP) is 0.150. The number of aryl methyl sites for hydroxylation is 1. The molecule has 1 aromatic rings. The number of carbonyl (C=O) groups excluding carboxylic acids is 1. The Labute approximate surface area is 95.0 Å². The summed E-state index contributed by atoms with van der Waals surface area (Å²) in [7, 11) is 0. The largest absolute Gasteiger partial charge is 0.321 e. The standard InChI is InChI=1S/C11H16N4O/c1-3-5-9(12)10(16)7-11-13-8-14-15(11)6-4-2/h1,8-9H,4-7,12H2,2H3. The number of terminal acetylenes is 1. The van der Waals surface area contributed by atoms with Gasteiger partial charge in [0.2, 0.25) is 0 Å². The zero-order valence-corrected chi connectivity index (χ0v) is 9.39. The van der Waals surface area contributed by atoms with Crippen LogP contribution in [0.1, 0.15) is 25.6 Å². The van der Waals surface area contributed by atoms with Crippen molar-refractivity contribution in [3.8, 4) is 12.3 Å². The Kier molecular flexibility index (Phi) is 4.67. The van der Waals surface area contributed by atoms with Crippen LogP contribution in [0.25, 0.3) is 0 Å². The van der Waals surface area contributed by atoms with Crippen molar-refractivity contribution < 1.29 is 4.79 Å². The van der Waals surface area contributed by atoms with E-state index in [2.05, 4.69) is 16.0 Å². The second kappa shape index (κ2) is 6.03. The molecule has 0 aliphatic carbocycles. The number of hydrogen-bond donors (Lipinski definition) is 1. The minimum Gasteiger partial charge on any atom is -0.321 e. The van der Waals surface area contributed by atoms with Gasteiger partial charge in [0.1, 0.15) is 12.2 Å². The Morgan fingerprint density at radius 2 is 2.50 bits per heavy atom. The molecule has 2 N–H and O–H groups in total. The molecule has 0 spiro atoms. The fraction of sp³-hybridized carbons (Fsp3) is 0.545. The molecule has 0 fully saturated rings. The molecule has 5 heteroatoms. The van der Waals surface area contributed by atoms with E-state index in [-0.39, 0.29) is 18.6 Å². The van der Waals surface area contributed by atoms with E-state index in [0.29, 0.717) is 5.82 Å². The second-order valence-corrected chi connectivity index (χ2v) is 3.56. The highest BCUT2D eigenvalue weighted by Crippen LogP contribution is 2.01. The average Bonchev–Trinajstić information content (AvgIpc) is 2.67. The molecule has 16 heavy (non-hydrogen) atoms. The Bertz CT molecular complexity index is 391. The fourth-order valence-corrected chi connectivity index (χ4v) is 1.35. The van der Waals surface area contributed by atoms with Gasteiger partial charge in [0, 0.05) is 13.0 Å². The molecule has 1 aromatic heterocycles. The molecule has 1 rings (SSSR count). The number of aromatic nitrogens is 3. The number of nitrogens with two attached hydrogens (primary N) is 1. The maximum atomic E-state index is 11.7. The SMILES string of the molecule is C#CCC(N)C(=O)Cc1ncnn1CCC. The van der Waals surface area contributed by atoms with E-state index >= 15 is 0 Å². The summed E-state index contributed by atoms with van der Waals surface area (Å²) in [6.07, 6.45) is 7.96. The molecule has 0 bridgehead atoms. The molecule has 1 heterocycles. The molecule has 0 aromatic carbocycles. The van der Waals surface area contributed by atoms with Crippen molar-refractivity contribution in [1.29, 1.82) is 0 Å². The van der Waals surface area contributed by atoms with Crippen LogP contribution < -0.4 is 5.73 Å². The van der Waals surface area contributed by atoms with Crippen LogP contribution >= 0.6 is 0 Å². The number of Topliss-reactive ketones (excluding diaryl/α,β-unsaturated/α-hetero) is 1. The third-order valence-electron chi connectivity index (χ3n) is 2.21. The highest BCUT2D eigenvalue weighted by atomic mass is 16.1. The first-order valence-corrected chi connectivity index (χ1v) is 5.27. The normalized spacial score (nSPS) is 12.1. The van der Waals surface area contributed by atoms with E-state index in [9.17, 15) is 4.79 Å². The molecule has 0 saturated heterocycles. The highest BCUT2D eigenvalue weighted by molar-refractivity contribution is 5.85. The van der Waals surface area contributed by atoms with E-state index in [1.807, 2.05) is 6.92 Å². The summed E-state index contributed by atoms with van der Waals surface area (Å²) in [5.74, 6) is 2.94. The maximum absolute atomic E-state index is 11.7. The van der Waals surface area contributed by atoms with Crippen LogP contribution in [0, 0.1) is 12.3 Å². The van der Waals surface area contributed by atoms with Crippen molar-refractivity contribution in [2.75, 3.05) is 0 Å². The lowest BCUT2D eigenvalue weighted by molar-refractivity contribution is -0.119. The first-order chi connectivity index (χ1) is 7.69. The van der Waals surface area contributed by atoms with Crippen LogP contribution in [-0.4, -0.2) is 26.6 Å². The lowest BCUT2D eigenvalue weighted by atomic mass is 10.1. The van der Waals surface area contributed by atoms with Crippen molar-refractivity contribution >= 4 is 5.78 Å². The van der Waals surface area contributed by atoms with Gasteiger partial charge in [0.05, 0.1) is 12.5 Å². The number of nitrogens with zero attached hydrogens (tertiary/aromatic N) is 3. The topological polar surface area (TPSA) is 73.8 Å². The zero-order valence-electron chi connectivity index (χ0n) is 9.39. The summed E-state index contributed by atoms with van der Waals surface area (Å²) in [4.78, 5) is 15.7. The zero-order chi connectivity index (χ0) is 12.0. The van der Waals surface area contributed by atoms with Crippen LogP contribution in [0.2, 0.25) is 0 Å². The lowest BCUT2D eigenvalue weighted by Gasteiger charge is -2.07. The number of hydrogen-bond acceptors (Lipinski definition) is 4. The summed E-state index contributed by atoms with van der Waals surface area (Å²) in [6, 6.07) is -0.600. The van der Waals surface area contributed by atoms with Crippen molar-refractivity contribution in [1.82, 2.24) is 14.8 Å². The average molecular weight is 220 g/mol. The Hall–Kier alpha value is -1.67. The monoisotopic (exact) mass is 220 g/mol. The molecule has 1 unspecified atom stereocenters. The van der Waals surface area contributed by atoms with Crippen LogP contribution in [0.4, 0.5) is 0 Å².